The van der Waals surface area contributed by atoms with Crippen LogP contribution in [-0.2, 0) is 9.53 Å². The number of aryl methyl sites for hydroxylation is 1. The SMILES string of the molecule is Cc1ccc(C(=O)NCC(F)(F)F)cc1NC(=O)[C@H]1NCCO[C@@H]1C. The Kier molecular flexibility index (Phi) is 6.02. The summed E-state index contributed by atoms with van der Waals surface area (Å²) >= 11 is 0. The highest BCUT2D eigenvalue weighted by Crippen LogP contribution is 2.19. The van der Waals surface area contributed by atoms with Gasteiger partial charge in [0.2, 0.25) is 5.91 Å². The quantitative estimate of drug-likeness (QED) is 0.763. The lowest BCUT2D eigenvalue weighted by molar-refractivity contribution is -0.124. The number of morpholine rings is 1. The lowest BCUT2D eigenvalue weighted by Crippen LogP contribution is -2.53. The van der Waals surface area contributed by atoms with Gasteiger partial charge in [0.05, 0.1) is 12.7 Å². The van der Waals surface area contributed by atoms with Crippen LogP contribution in [0.3, 0.4) is 0 Å². The Bertz CT molecular complexity index is 649. The van der Waals surface area contributed by atoms with Gasteiger partial charge in [0.25, 0.3) is 5.91 Å². The first-order valence-corrected chi connectivity index (χ1v) is 7.79. The third-order valence-corrected chi connectivity index (χ3v) is 3.81. The van der Waals surface area contributed by atoms with E-state index in [1.165, 1.54) is 12.1 Å². The number of benzene rings is 1. The van der Waals surface area contributed by atoms with E-state index in [9.17, 15) is 22.8 Å². The molecule has 6 nitrogen and oxygen atoms in total. The van der Waals surface area contributed by atoms with Crippen molar-refractivity contribution in [3.8, 4) is 0 Å². The number of carbonyl (C=O) groups excluding carboxylic acids is 2. The Labute approximate surface area is 143 Å². The molecule has 2 atom stereocenters. The second-order valence-electron chi connectivity index (χ2n) is 5.82. The number of nitrogens with one attached hydrogen (secondary N) is 3. The summed E-state index contributed by atoms with van der Waals surface area (Å²) in [5, 5.41) is 7.54. The largest absolute Gasteiger partial charge is 0.405 e. The zero-order valence-electron chi connectivity index (χ0n) is 13.9. The van der Waals surface area contributed by atoms with Crippen LogP contribution in [0.1, 0.15) is 22.8 Å². The number of alkyl halides is 3. The molecule has 3 N–H and O–H groups in total. The molecule has 1 aromatic carbocycles. The van der Waals surface area contributed by atoms with Gasteiger partial charge in [0.15, 0.2) is 0 Å². The molecule has 0 radical (unpaired) electrons. The average molecular weight is 359 g/mol. The highest BCUT2D eigenvalue weighted by Gasteiger charge is 2.29. The molecule has 0 unspecified atom stereocenters. The molecule has 1 aliphatic heterocycles. The maximum Gasteiger partial charge on any atom is 0.405 e. The monoisotopic (exact) mass is 359 g/mol. The lowest BCUT2D eigenvalue weighted by atomic mass is 10.1. The van der Waals surface area contributed by atoms with Crippen LogP contribution in [-0.4, -0.2) is 49.8 Å². The standard InChI is InChI=1S/C16H20F3N3O3/c1-9-3-4-11(14(23)21-8-16(17,18)19)7-12(9)22-15(24)13-10(2)25-6-5-20-13/h3-4,7,10,13,20H,5-6,8H2,1-2H3,(H,21,23)(H,22,24)/t10-,13+/m1/s1. The fraction of sp³-hybridized carbons (Fsp3) is 0.500. The number of ether oxygens (including phenoxy) is 1. The predicted octanol–water partition coefficient (Wildman–Crippen LogP) is 1.60. The fourth-order valence-electron chi connectivity index (χ4n) is 2.42. The number of hydrogen-bond donors (Lipinski definition) is 3. The molecule has 1 aromatic rings. The van der Waals surface area contributed by atoms with Gasteiger partial charge in [-0.25, -0.2) is 0 Å². The van der Waals surface area contributed by atoms with Crippen LogP contribution < -0.4 is 16.0 Å². The van der Waals surface area contributed by atoms with Gasteiger partial charge in [0.1, 0.15) is 12.6 Å². The van der Waals surface area contributed by atoms with Gasteiger partial charge in [-0.1, -0.05) is 6.07 Å². The van der Waals surface area contributed by atoms with Crippen molar-refractivity contribution < 1.29 is 27.5 Å². The Morgan fingerprint density at radius 3 is 2.72 bits per heavy atom. The Morgan fingerprint density at radius 2 is 2.08 bits per heavy atom. The molecule has 138 valence electrons. The van der Waals surface area contributed by atoms with Crippen molar-refractivity contribution in [2.45, 2.75) is 32.2 Å². The van der Waals surface area contributed by atoms with Crippen LogP contribution in [0.4, 0.5) is 18.9 Å². The van der Waals surface area contributed by atoms with Crippen molar-refractivity contribution in [3.63, 3.8) is 0 Å². The Hall–Kier alpha value is -2.13. The number of amides is 2. The molecule has 1 aliphatic rings. The Balaban J connectivity index is 2.08. The highest BCUT2D eigenvalue weighted by atomic mass is 19.4. The molecule has 0 spiro atoms. The van der Waals surface area contributed by atoms with Gasteiger partial charge in [-0.3, -0.25) is 9.59 Å². The molecule has 0 aromatic heterocycles. The molecule has 2 amide bonds. The number of halogens is 3. The zero-order chi connectivity index (χ0) is 18.6. The first kappa shape index (κ1) is 19.2. The number of anilines is 1. The maximum absolute atomic E-state index is 12.4. The van der Waals surface area contributed by atoms with Crippen molar-refractivity contribution in [2.75, 3.05) is 25.0 Å². The van der Waals surface area contributed by atoms with Crippen molar-refractivity contribution in [1.82, 2.24) is 10.6 Å². The molecule has 1 fully saturated rings. The predicted molar refractivity (Wildman–Crippen MR) is 85.4 cm³/mol. The normalized spacial score (nSPS) is 20.8. The molecule has 25 heavy (non-hydrogen) atoms. The van der Waals surface area contributed by atoms with Gasteiger partial charge in [-0.2, -0.15) is 13.2 Å². The van der Waals surface area contributed by atoms with Gasteiger partial charge >= 0.3 is 6.18 Å². The first-order valence-electron chi connectivity index (χ1n) is 7.79. The molecular formula is C16H20F3N3O3. The highest BCUT2D eigenvalue weighted by molar-refractivity contribution is 5.99. The molecule has 0 bridgehead atoms. The van der Waals surface area contributed by atoms with Gasteiger partial charge in [-0.15, -0.1) is 0 Å². The van der Waals surface area contributed by atoms with E-state index in [0.29, 0.717) is 24.4 Å². The van der Waals surface area contributed by atoms with Crippen LogP contribution >= 0.6 is 0 Å². The minimum Gasteiger partial charge on any atom is -0.375 e. The van der Waals surface area contributed by atoms with Crippen molar-refractivity contribution in [3.05, 3.63) is 29.3 Å². The molecule has 0 aliphatic carbocycles. The van der Waals surface area contributed by atoms with E-state index in [1.807, 2.05) is 0 Å². The minimum absolute atomic E-state index is 0.0334. The summed E-state index contributed by atoms with van der Waals surface area (Å²) in [5.41, 5.74) is 1.08. The number of carbonyl (C=O) groups is 2. The second-order valence-corrected chi connectivity index (χ2v) is 5.82. The summed E-state index contributed by atoms with van der Waals surface area (Å²) in [5.74, 6) is -1.19. The number of rotatable bonds is 4. The van der Waals surface area contributed by atoms with Crippen LogP contribution in [0.5, 0.6) is 0 Å². The summed E-state index contributed by atoms with van der Waals surface area (Å²) in [6, 6.07) is 3.77. The van der Waals surface area contributed by atoms with Gasteiger partial charge in [0, 0.05) is 17.8 Å². The van der Waals surface area contributed by atoms with Gasteiger partial charge < -0.3 is 20.7 Å². The second kappa shape index (κ2) is 7.83. The minimum atomic E-state index is -4.49. The summed E-state index contributed by atoms with van der Waals surface area (Å²) in [4.78, 5) is 24.2. The summed E-state index contributed by atoms with van der Waals surface area (Å²) in [6.45, 7) is 3.13. The molecular weight excluding hydrogens is 339 g/mol. The van der Waals surface area contributed by atoms with E-state index >= 15 is 0 Å². The fourth-order valence-corrected chi connectivity index (χ4v) is 2.42. The van der Waals surface area contributed by atoms with Crippen LogP contribution in [0.2, 0.25) is 0 Å². The lowest BCUT2D eigenvalue weighted by Gasteiger charge is -2.29. The zero-order valence-corrected chi connectivity index (χ0v) is 13.9. The smallest absolute Gasteiger partial charge is 0.375 e. The molecule has 9 heteroatoms. The van der Waals surface area contributed by atoms with E-state index < -0.39 is 24.7 Å². The average Bonchev–Trinajstić information content (AvgIpc) is 2.54. The first-order chi connectivity index (χ1) is 11.7. The van der Waals surface area contributed by atoms with Crippen molar-refractivity contribution >= 4 is 17.5 Å². The van der Waals surface area contributed by atoms with E-state index in [-0.39, 0.29) is 17.6 Å². The van der Waals surface area contributed by atoms with Crippen LogP contribution in [0.25, 0.3) is 0 Å². The van der Waals surface area contributed by atoms with Crippen molar-refractivity contribution in [1.29, 1.82) is 0 Å². The third-order valence-electron chi connectivity index (χ3n) is 3.81. The van der Waals surface area contributed by atoms with Gasteiger partial charge in [-0.05, 0) is 31.5 Å². The van der Waals surface area contributed by atoms with Crippen LogP contribution in [0, 0.1) is 6.92 Å². The van der Waals surface area contributed by atoms with E-state index in [1.54, 1.807) is 25.2 Å². The molecule has 1 saturated heterocycles. The summed E-state index contributed by atoms with van der Waals surface area (Å²) in [6.07, 6.45) is -4.80. The van der Waals surface area contributed by atoms with E-state index in [0.717, 1.165) is 0 Å². The van der Waals surface area contributed by atoms with E-state index in [4.69, 9.17) is 4.74 Å². The number of hydrogen-bond acceptors (Lipinski definition) is 4. The molecule has 1 heterocycles. The third kappa shape index (κ3) is 5.43. The molecule has 0 saturated carbocycles. The van der Waals surface area contributed by atoms with Crippen LogP contribution in [0.15, 0.2) is 18.2 Å². The maximum atomic E-state index is 12.4. The molecule has 2 rings (SSSR count). The summed E-state index contributed by atoms with van der Waals surface area (Å²) < 4.78 is 42.0. The van der Waals surface area contributed by atoms with Crippen molar-refractivity contribution in [2.24, 2.45) is 0 Å². The topological polar surface area (TPSA) is 79.5 Å². The van der Waals surface area contributed by atoms with E-state index in [2.05, 4.69) is 10.6 Å². The Morgan fingerprint density at radius 1 is 1.36 bits per heavy atom. The summed E-state index contributed by atoms with van der Waals surface area (Å²) in [7, 11) is 0.